The number of aliphatic hydroxyl groups is 1. The maximum absolute atomic E-state index is 11.7. The zero-order valence-electron chi connectivity index (χ0n) is 8.57. The van der Waals surface area contributed by atoms with Crippen molar-refractivity contribution in [3.63, 3.8) is 0 Å². The van der Waals surface area contributed by atoms with Crippen molar-refractivity contribution in [2.24, 2.45) is 5.92 Å². The van der Waals surface area contributed by atoms with Gasteiger partial charge in [-0.25, -0.2) is 0 Å². The maximum Gasteiger partial charge on any atom is 0.261 e. The third-order valence-electron chi connectivity index (χ3n) is 2.63. The summed E-state index contributed by atoms with van der Waals surface area (Å²) in [6.07, 6.45) is -0.368. The Morgan fingerprint density at radius 3 is 3.00 bits per heavy atom. The number of aliphatic hydroxyl groups excluding tert-OH is 1. The van der Waals surface area contributed by atoms with Crippen LogP contribution in [0.25, 0.3) is 0 Å². The molecule has 2 rings (SSSR count). The predicted octanol–water partition coefficient (Wildman–Crippen LogP) is 0.712. The second-order valence-corrected chi connectivity index (χ2v) is 5.51. The predicted molar refractivity (Wildman–Crippen MR) is 64.0 cm³/mol. The van der Waals surface area contributed by atoms with Crippen LogP contribution in [0.4, 0.5) is 0 Å². The summed E-state index contributed by atoms with van der Waals surface area (Å²) in [5.41, 5.74) is 0. The fourth-order valence-corrected chi connectivity index (χ4v) is 2.63. The summed E-state index contributed by atoms with van der Waals surface area (Å²) in [5.74, 6) is -0.0321. The van der Waals surface area contributed by atoms with Crippen molar-refractivity contribution < 1.29 is 9.90 Å². The fraction of sp³-hybridized carbons (Fsp3) is 0.500. The molecule has 0 saturated carbocycles. The second kappa shape index (κ2) is 5.14. The molecule has 1 amide bonds. The minimum atomic E-state index is -0.368. The van der Waals surface area contributed by atoms with Crippen LogP contribution >= 0.6 is 22.9 Å². The quantitative estimate of drug-likeness (QED) is 0.750. The largest absolute Gasteiger partial charge is 0.391 e. The van der Waals surface area contributed by atoms with Gasteiger partial charge in [0.25, 0.3) is 5.91 Å². The van der Waals surface area contributed by atoms with E-state index < -0.39 is 0 Å². The first-order chi connectivity index (χ1) is 7.66. The van der Waals surface area contributed by atoms with Gasteiger partial charge in [-0.3, -0.25) is 4.79 Å². The Kier molecular flexibility index (Phi) is 3.81. The van der Waals surface area contributed by atoms with Crippen LogP contribution in [0.15, 0.2) is 12.1 Å². The summed E-state index contributed by atoms with van der Waals surface area (Å²) in [5, 5.41) is 15.4. The molecular formula is C10H13ClN2O2S. The molecule has 4 nitrogen and oxygen atoms in total. The smallest absolute Gasteiger partial charge is 0.261 e. The number of β-amino-alcohol motifs (C(OH)–C–C–N with tert-alkyl or cyclic N) is 1. The van der Waals surface area contributed by atoms with Gasteiger partial charge in [-0.15, -0.1) is 11.3 Å². The SMILES string of the molecule is O=C(NCC1CNCC1O)c1ccc(Cl)s1. The molecule has 1 aliphatic heterocycles. The number of halogens is 1. The van der Waals surface area contributed by atoms with Gasteiger partial charge in [0, 0.05) is 25.6 Å². The number of carbonyl (C=O) groups is 1. The maximum atomic E-state index is 11.7. The van der Waals surface area contributed by atoms with Gasteiger partial charge in [0.05, 0.1) is 15.3 Å². The van der Waals surface area contributed by atoms with Crippen molar-refractivity contribution in [1.29, 1.82) is 0 Å². The van der Waals surface area contributed by atoms with E-state index in [0.29, 0.717) is 22.3 Å². The molecule has 0 spiro atoms. The second-order valence-electron chi connectivity index (χ2n) is 3.80. The van der Waals surface area contributed by atoms with Crippen molar-refractivity contribution in [1.82, 2.24) is 10.6 Å². The van der Waals surface area contributed by atoms with E-state index in [1.54, 1.807) is 12.1 Å². The highest BCUT2D eigenvalue weighted by Gasteiger charge is 2.25. The minimum absolute atomic E-state index is 0.0967. The molecule has 2 atom stereocenters. The van der Waals surface area contributed by atoms with E-state index in [-0.39, 0.29) is 17.9 Å². The number of amides is 1. The Labute approximate surface area is 103 Å². The number of thiophene rings is 1. The van der Waals surface area contributed by atoms with Gasteiger partial charge < -0.3 is 15.7 Å². The van der Waals surface area contributed by atoms with Crippen LogP contribution in [0.1, 0.15) is 9.67 Å². The molecule has 1 saturated heterocycles. The Bertz CT molecular complexity index is 383. The van der Waals surface area contributed by atoms with E-state index in [2.05, 4.69) is 10.6 Å². The van der Waals surface area contributed by atoms with Crippen molar-refractivity contribution >= 4 is 28.8 Å². The normalized spacial score (nSPS) is 24.6. The summed E-state index contributed by atoms with van der Waals surface area (Å²) in [7, 11) is 0. The molecule has 1 aliphatic rings. The zero-order chi connectivity index (χ0) is 11.5. The summed E-state index contributed by atoms with van der Waals surface area (Å²) < 4.78 is 0.604. The number of carbonyl (C=O) groups excluding carboxylic acids is 1. The molecule has 16 heavy (non-hydrogen) atoms. The van der Waals surface area contributed by atoms with E-state index >= 15 is 0 Å². The van der Waals surface area contributed by atoms with Gasteiger partial charge in [-0.2, -0.15) is 0 Å². The number of hydrogen-bond donors (Lipinski definition) is 3. The van der Waals surface area contributed by atoms with Crippen LogP contribution in [-0.2, 0) is 0 Å². The van der Waals surface area contributed by atoms with Gasteiger partial charge in [-0.1, -0.05) is 11.6 Å². The summed E-state index contributed by atoms with van der Waals surface area (Å²) in [4.78, 5) is 12.3. The van der Waals surface area contributed by atoms with Crippen molar-refractivity contribution in [3.8, 4) is 0 Å². The molecule has 88 valence electrons. The Balaban J connectivity index is 1.84. The first-order valence-corrected chi connectivity index (χ1v) is 6.28. The summed E-state index contributed by atoms with van der Waals surface area (Å²) >= 11 is 7.00. The molecular weight excluding hydrogens is 248 g/mol. The summed E-state index contributed by atoms with van der Waals surface area (Å²) in [6.45, 7) is 1.83. The Morgan fingerprint density at radius 2 is 2.44 bits per heavy atom. The topological polar surface area (TPSA) is 61.4 Å². The average Bonchev–Trinajstić information content (AvgIpc) is 2.84. The first kappa shape index (κ1) is 11.9. The summed E-state index contributed by atoms with van der Waals surface area (Å²) in [6, 6.07) is 3.40. The molecule has 2 heterocycles. The lowest BCUT2D eigenvalue weighted by Gasteiger charge is -2.13. The fourth-order valence-electron chi connectivity index (χ4n) is 1.67. The molecule has 0 radical (unpaired) electrons. The van der Waals surface area contributed by atoms with Gasteiger partial charge >= 0.3 is 0 Å². The highest BCUT2D eigenvalue weighted by molar-refractivity contribution is 7.17. The van der Waals surface area contributed by atoms with Gasteiger partial charge in [-0.05, 0) is 12.1 Å². The average molecular weight is 261 g/mol. The first-order valence-electron chi connectivity index (χ1n) is 5.09. The van der Waals surface area contributed by atoms with Crippen LogP contribution in [0.3, 0.4) is 0 Å². The third kappa shape index (κ3) is 2.74. The Hall–Kier alpha value is -0.620. The van der Waals surface area contributed by atoms with Crippen molar-refractivity contribution in [3.05, 3.63) is 21.3 Å². The monoisotopic (exact) mass is 260 g/mol. The molecule has 3 N–H and O–H groups in total. The molecule has 1 aromatic rings. The van der Waals surface area contributed by atoms with Crippen LogP contribution in [0, 0.1) is 5.92 Å². The van der Waals surface area contributed by atoms with Gasteiger partial charge in [0.2, 0.25) is 0 Å². The Morgan fingerprint density at radius 1 is 1.62 bits per heavy atom. The van der Waals surface area contributed by atoms with Crippen LogP contribution in [-0.4, -0.2) is 36.8 Å². The van der Waals surface area contributed by atoms with E-state index in [4.69, 9.17) is 11.6 Å². The molecule has 2 unspecified atom stereocenters. The van der Waals surface area contributed by atoms with Gasteiger partial charge in [0.1, 0.15) is 0 Å². The highest BCUT2D eigenvalue weighted by atomic mass is 35.5. The van der Waals surface area contributed by atoms with Crippen LogP contribution in [0.5, 0.6) is 0 Å². The molecule has 6 heteroatoms. The lowest BCUT2D eigenvalue weighted by Crippen LogP contribution is -2.33. The molecule has 1 fully saturated rings. The van der Waals surface area contributed by atoms with Gasteiger partial charge in [0.15, 0.2) is 0 Å². The van der Waals surface area contributed by atoms with Crippen molar-refractivity contribution in [2.75, 3.05) is 19.6 Å². The van der Waals surface area contributed by atoms with E-state index in [9.17, 15) is 9.90 Å². The van der Waals surface area contributed by atoms with E-state index in [1.165, 1.54) is 11.3 Å². The third-order valence-corrected chi connectivity index (χ3v) is 3.86. The van der Waals surface area contributed by atoms with E-state index in [1.807, 2.05) is 0 Å². The van der Waals surface area contributed by atoms with E-state index in [0.717, 1.165) is 6.54 Å². The molecule has 0 aliphatic carbocycles. The molecule has 1 aromatic heterocycles. The lowest BCUT2D eigenvalue weighted by molar-refractivity contribution is 0.0931. The lowest BCUT2D eigenvalue weighted by atomic mass is 10.1. The number of hydrogen-bond acceptors (Lipinski definition) is 4. The van der Waals surface area contributed by atoms with Crippen LogP contribution in [0.2, 0.25) is 4.34 Å². The van der Waals surface area contributed by atoms with Crippen LogP contribution < -0.4 is 10.6 Å². The van der Waals surface area contributed by atoms with Crippen molar-refractivity contribution in [2.45, 2.75) is 6.10 Å². The number of rotatable bonds is 3. The minimum Gasteiger partial charge on any atom is -0.391 e. The highest BCUT2D eigenvalue weighted by Crippen LogP contribution is 2.21. The zero-order valence-corrected chi connectivity index (χ0v) is 10.1. The standard InChI is InChI=1S/C10H13ClN2O2S/c11-9-2-1-8(16-9)10(15)13-4-6-3-12-5-7(6)14/h1-2,6-7,12,14H,3-5H2,(H,13,15). The molecule has 0 bridgehead atoms. The molecule has 0 aromatic carbocycles. The number of nitrogens with one attached hydrogen (secondary N) is 2.